The van der Waals surface area contributed by atoms with Crippen LogP contribution in [-0.2, 0) is 0 Å². The first-order chi connectivity index (χ1) is 16.1. The largest absolute Gasteiger partial charge is 0.304 e. The van der Waals surface area contributed by atoms with Crippen molar-refractivity contribution in [1.29, 1.82) is 0 Å². The molecule has 3 saturated heterocycles. The highest BCUT2D eigenvalue weighted by atomic mass is 15.5. The molecule has 2 atom stereocenters. The van der Waals surface area contributed by atoms with Gasteiger partial charge in [0.05, 0.1) is 0 Å². The first kappa shape index (κ1) is 29.3. The zero-order valence-electron chi connectivity index (χ0n) is 25.2. The van der Waals surface area contributed by atoms with Crippen molar-refractivity contribution in [3.8, 4) is 0 Å². The normalized spacial score (nSPS) is 27.8. The van der Waals surface area contributed by atoms with Crippen LogP contribution in [0.1, 0.15) is 88.0 Å². The number of hydrogen-bond acceptors (Lipinski definition) is 6. The average Bonchev–Trinajstić information content (AvgIpc) is 2.77. The SMILES string of the molecule is C[C@H]1CCCN(C(C)(C)CCC(C)(N2CCN(NC(C)(C)C)CC2)C(C)(C)N2CCN(C)CC2)C1. The first-order valence-electron chi connectivity index (χ1n) is 14.6. The van der Waals surface area contributed by atoms with Crippen molar-refractivity contribution in [2.45, 2.75) is 110 Å². The molecule has 0 saturated carbocycles. The van der Waals surface area contributed by atoms with Crippen LogP contribution in [0.15, 0.2) is 0 Å². The number of likely N-dealkylation sites (N-methyl/N-ethyl adjacent to an activating group) is 1. The number of hydrogen-bond donors (Lipinski definition) is 1. The highest BCUT2D eigenvalue weighted by molar-refractivity contribution is 5.08. The van der Waals surface area contributed by atoms with Gasteiger partial charge >= 0.3 is 0 Å². The van der Waals surface area contributed by atoms with E-state index in [0.717, 1.165) is 32.1 Å². The zero-order chi connectivity index (χ0) is 26.1. The summed E-state index contributed by atoms with van der Waals surface area (Å²) in [6, 6.07) is 0. The summed E-state index contributed by atoms with van der Waals surface area (Å²) in [6.07, 6.45) is 5.26. The second-order valence-electron chi connectivity index (χ2n) is 14.5. The van der Waals surface area contributed by atoms with Gasteiger partial charge in [0.25, 0.3) is 0 Å². The fourth-order valence-electron chi connectivity index (χ4n) is 6.79. The number of piperazine rings is 2. The molecule has 6 nitrogen and oxygen atoms in total. The minimum Gasteiger partial charge on any atom is -0.304 e. The highest BCUT2D eigenvalue weighted by Gasteiger charge is 2.50. The van der Waals surface area contributed by atoms with Crippen molar-refractivity contribution in [2.24, 2.45) is 5.92 Å². The van der Waals surface area contributed by atoms with Gasteiger partial charge in [0.1, 0.15) is 0 Å². The summed E-state index contributed by atoms with van der Waals surface area (Å²) in [4.78, 5) is 11.0. The molecule has 0 amide bonds. The lowest BCUT2D eigenvalue weighted by atomic mass is 9.72. The maximum atomic E-state index is 3.72. The number of likely N-dealkylation sites (tertiary alicyclic amines) is 1. The summed E-state index contributed by atoms with van der Waals surface area (Å²) >= 11 is 0. The second kappa shape index (κ2) is 11.2. The Morgan fingerprint density at radius 1 is 0.686 bits per heavy atom. The fraction of sp³-hybridized carbons (Fsp3) is 1.00. The van der Waals surface area contributed by atoms with E-state index in [1.54, 1.807) is 0 Å². The average molecular weight is 493 g/mol. The van der Waals surface area contributed by atoms with E-state index in [1.807, 2.05) is 0 Å². The molecule has 3 aliphatic heterocycles. The van der Waals surface area contributed by atoms with Crippen LogP contribution >= 0.6 is 0 Å². The number of rotatable bonds is 8. The van der Waals surface area contributed by atoms with E-state index in [-0.39, 0.29) is 22.2 Å². The number of piperidine rings is 1. The molecule has 3 rings (SSSR count). The molecule has 1 N–H and O–H groups in total. The van der Waals surface area contributed by atoms with Crippen LogP contribution in [0.2, 0.25) is 0 Å². The molecule has 0 radical (unpaired) electrons. The maximum absolute atomic E-state index is 3.72. The van der Waals surface area contributed by atoms with Crippen molar-refractivity contribution in [2.75, 3.05) is 72.5 Å². The Balaban J connectivity index is 1.77. The minimum atomic E-state index is 0.124. The van der Waals surface area contributed by atoms with Crippen molar-refractivity contribution in [3.05, 3.63) is 0 Å². The van der Waals surface area contributed by atoms with Crippen LogP contribution in [0, 0.1) is 5.92 Å². The third-order valence-corrected chi connectivity index (χ3v) is 9.82. The Morgan fingerprint density at radius 2 is 1.26 bits per heavy atom. The number of nitrogens with one attached hydrogen (secondary N) is 1. The van der Waals surface area contributed by atoms with Gasteiger partial charge in [0.2, 0.25) is 0 Å². The van der Waals surface area contributed by atoms with Gasteiger partial charge in [-0.2, -0.15) is 0 Å². The molecule has 1 unspecified atom stereocenters. The molecular formula is C29H60N6. The lowest BCUT2D eigenvalue weighted by Gasteiger charge is -2.59. The molecule has 0 spiro atoms. The predicted molar refractivity (Wildman–Crippen MR) is 151 cm³/mol. The molecule has 206 valence electrons. The number of nitrogens with zero attached hydrogens (tertiary/aromatic N) is 5. The van der Waals surface area contributed by atoms with Crippen molar-refractivity contribution in [1.82, 2.24) is 30.0 Å². The molecule has 3 fully saturated rings. The Hall–Kier alpha value is -0.240. The molecule has 0 aromatic rings. The van der Waals surface area contributed by atoms with Crippen LogP contribution < -0.4 is 5.43 Å². The summed E-state index contributed by atoms with van der Waals surface area (Å²) in [5.41, 5.74) is 4.36. The van der Waals surface area contributed by atoms with E-state index in [0.29, 0.717) is 0 Å². The van der Waals surface area contributed by atoms with Crippen LogP contribution in [0.4, 0.5) is 0 Å². The van der Waals surface area contributed by atoms with Crippen LogP contribution in [0.3, 0.4) is 0 Å². The monoisotopic (exact) mass is 492 g/mol. The zero-order valence-corrected chi connectivity index (χ0v) is 25.2. The number of hydrazine groups is 1. The van der Waals surface area contributed by atoms with Crippen molar-refractivity contribution >= 4 is 0 Å². The lowest BCUT2D eigenvalue weighted by molar-refractivity contribution is -0.0926. The minimum absolute atomic E-state index is 0.124. The molecular weight excluding hydrogens is 432 g/mol. The van der Waals surface area contributed by atoms with Gasteiger partial charge in [-0.1, -0.05) is 6.92 Å². The molecule has 3 heterocycles. The van der Waals surface area contributed by atoms with Gasteiger partial charge in [-0.15, -0.1) is 0 Å². The summed E-state index contributed by atoms with van der Waals surface area (Å²) in [7, 11) is 2.27. The Bertz CT molecular complexity index is 655. The van der Waals surface area contributed by atoms with Crippen LogP contribution in [-0.4, -0.2) is 119 Å². The second-order valence-corrected chi connectivity index (χ2v) is 14.5. The van der Waals surface area contributed by atoms with Crippen molar-refractivity contribution in [3.63, 3.8) is 0 Å². The quantitative estimate of drug-likeness (QED) is 0.551. The van der Waals surface area contributed by atoms with Gasteiger partial charge in [0.15, 0.2) is 0 Å². The molecule has 0 bridgehead atoms. The van der Waals surface area contributed by atoms with Gasteiger partial charge in [-0.3, -0.25) is 14.7 Å². The van der Waals surface area contributed by atoms with Gasteiger partial charge in [-0.05, 0) is 101 Å². The first-order valence-corrected chi connectivity index (χ1v) is 14.6. The Labute approximate surface area is 218 Å². The van der Waals surface area contributed by atoms with E-state index in [4.69, 9.17) is 0 Å². The topological polar surface area (TPSA) is 28.2 Å². The van der Waals surface area contributed by atoms with E-state index in [9.17, 15) is 0 Å². The Kier molecular flexibility index (Phi) is 9.42. The molecule has 35 heavy (non-hydrogen) atoms. The van der Waals surface area contributed by atoms with Crippen molar-refractivity contribution < 1.29 is 0 Å². The van der Waals surface area contributed by atoms with Crippen LogP contribution in [0.25, 0.3) is 0 Å². The predicted octanol–water partition coefficient (Wildman–Crippen LogP) is 3.98. The van der Waals surface area contributed by atoms with E-state index in [2.05, 4.69) is 99.4 Å². The van der Waals surface area contributed by atoms with Gasteiger partial charge in [0, 0.05) is 81.1 Å². The molecule has 6 heteroatoms. The standard InChI is InChI=1S/C29H60N6/c1-25-12-11-15-34(24-25)27(5,6)13-14-29(9,28(7,8)32-18-16-31(10)17-19-32)33-20-22-35(23-21-33)30-26(2,3)4/h25,30H,11-24H2,1-10H3/t25-,29?/m0/s1. The van der Waals surface area contributed by atoms with E-state index in [1.165, 1.54) is 65.0 Å². The summed E-state index contributed by atoms with van der Waals surface area (Å²) in [5.74, 6) is 0.833. The molecule has 0 aliphatic carbocycles. The van der Waals surface area contributed by atoms with Gasteiger partial charge in [-0.25, -0.2) is 10.4 Å². The third-order valence-electron chi connectivity index (χ3n) is 9.82. The summed E-state index contributed by atoms with van der Waals surface area (Å²) in [6.45, 7) is 33.7. The molecule has 3 aliphatic rings. The molecule has 0 aromatic heterocycles. The summed E-state index contributed by atoms with van der Waals surface area (Å²) < 4.78 is 0. The Morgan fingerprint density at radius 3 is 1.80 bits per heavy atom. The third kappa shape index (κ3) is 7.20. The fourth-order valence-corrected chi connectivity index (χ4v) is 6.79. The highest BCUT2D eigenvalue weighted by Crippen LogP contribution is 2.41. The maximum Gasteiger partial charge on any atom is 0.0361 e. The van der Waals surface area contributed by atoms with E-state index < -0.39 is 0 Å². The smallest absolute Gasteiger partial charge is 0.0361 e. The van der Waals surface area contributed by atoms with Crippen LogP contribution in [0.5, 0.6) is 0 Å². The lowest BCUT2D eigenvalue weighted by Crippen LogP contribution is -2.72. The molecule has 0 aromatic carbocycles. The van der Waals surface area contributed by atoms with E-state index >= 15 is 0 Å². The summed E-state index contributed by atoms with van der Waals surface area (Å²) in [5, 5.41) is 2.46. The van der Waals surface area contributed by atoms with Gasteiger partial charge < -0.3 is 4.90 Å².